The molecule has 2 atom stereocenters. The summed E-state index contributed by atoms with van der Waals surface area (Å²) in [6.45, 7) is 6.22. The lowest BCUT2D eigenvalue weighted by Gasteiger charge is -2.48. The summed E-state index contributed by atoms with van der Waals surface area (Å²) in [5, 5.41) is 19.9. The van der Waals surface area contributed by atoms with Crippen LogP contribution in [0.4, 0.5) is 0 Å². The Morgan fingerprint density at radius 1 is 1.24 bits per heavy atom. The molecule has 0 fully saturated rings. The fourth-order valence-corrected chi connectivity index (χ4v) is 5.62. The van der Waals surface area contributed by atoms with Crippen LogP contribution < -0.4 is 10.6 Å². The summed E-state index contributed by atoms with van der Waals surface area (Å²) in [5.74, 6) is -0.0348. The van der Waals surface area contributed by atoms with Crippen molar-refractivity contribution in [3.63, 3.8) is 0 Å². The standard InChI is InChI=1S/C25H25N7O/c1-4-25(16-7-5-6-15(10-16)17-12-28-32-9-8-26-14-20(17)32)18-13-27-31-22(18)29-19-11-24(2,3)30-23(33)21(19)25/h5-10,12-14,22,29H,4,11H2,1-3H3,(H,30,33)/t22?,25-/m0/s1. The van der Waals surface area contributed by atoms with Crippen LogP contribution in [0.25, 0.3) is 16.6 Å². The van der Waals surface area contributed by atoms with Crippen LogP contribution in [0, 0.1) is 0 Å². The highest BCUT2D eigenvalue weighted by atomic mass is 16.2. The molecule has 5 heterocycles. The predicted octanol–water partition coefficient (Wildman–Crippen LogP) is 3.88. The maximum absolute atomic E-state index is 13.5. The first-order chi connectivity index (χ1) is 15.9. The summed E-state index contributed by atoms with van der Waals surface area (Å²) < 4.78 is 1.82. The largest absolute Gasteiger partial charge is 0.362 e. The quantitative estimate of drug-likeness (QED) is 0.647. The molecule has 1 amide bonds. The summed E-state index contributed by atoms with van der Waals surface area (Å²) in [5.41, 5.74) is 5.82. The van der Waals surface area contributed by atoms with Gasteiger partial charge in [0.2, 0.25) is 0 Å². The van der Waals surface area contributed by atoms with Crippen molar-refractivity contribution >= 4 is 11.4 Å². The molecule has 6 rings (SSSR count). The van der Waals surface area contributed by atoms with E-state index in [-0.39, 0.29) is 17.6 Å². The monoisotopic (exact) mass is 439 g/mol. The zero-order chi connectivity index (χ0) is 22.8. The Hall–Kier alpha value is -3.81. The van der Waals surface area contributed by atoms with Gasteiger partial charge in [-0.3, -0.25) is 9.78 Å². The van der Waals surface area contributed by atoms with Gasteiger partial charge in [-0.2, -0.15) is 15.3 Å². The molecule has 1 aromatic carbocycles. The minimum Gasteiger partial charge on any atom is -0.362 e. The minimum atomic E-state index is -0.618. The molecule has 8 nitrogen and oxygen atoms in total. The summed E-state index contributed by atoms with van der Waals surface area (Å²) >= 11 is 0. The van der Waals surface area contributed by atoms with Crippen LogP contribution in [-0.2, 0) is 10.2 Å². The Kier molecular flexibility index (Phi) is 4.11. The van der Waals surface area contributed by atoms with Crippen molar-refractivity contribution in [1.29, 1.82) is 0 Å². The Morgan fingerprint density at radius 2 is 2.12 bits per heavy atom. The first kappa shape index (κ1) is 19.8. The normalized spacial score (nSPS) is 25.4. The van der Waals surface area contributed by atoms with Gasteiger partial charge in [0.1, 0.15) is 0 Å². The number of nitrogens with one attached hydrogen (secondary N) is 2. The number of carbonyl (C=O) groups excluding carboxylic acids is 1. The summed E-state index contributed by atoms with van der Waals surface area (Å²) in [4.78, 5) is 17.8. The molecule has 0 aliphatic carbocycles. The molecule has 3 aliphatic heterocycles. The van der Waals surface area contributed by atoms with E-state index in [4.69, 9.17) is 0 Å². The molecule has 0 saturated heterocycles. The van der Waals surface area contributed by atoms with Crippen LogP contribution in [0.5, 0.6) is 0 Å². The van der Waals surface area contributed by atoms with Gasteiger partial charge >= 0.3 is 0 Å². The second-order valence-electron chi connectivity index (χ2n) is 9.53. The number of azo groups is 1. The van der Waals surface area contributed by atoms with Crippen molar-refractivity contribution in [1.82, 2.24) is 25.2 Å². The molecule has 3 aromatic rings. The van der Waals surface area contributed by atoms with Gasteiger partial charge in [-0.05, 0) is 37.5 Å². The molecule has 1 unspecified atom stereocenters. The van der Waals surface area contributed by atoms with E-state index in [1.165, 1.54) is 0 Å². The highest BCUT2D eigenvalue weighted by Gasteiger charge is 2.53. The first-order valence-electron chi connectivity index (χ1n) is 11.2. The van der Waals surface area contributed by atoms with E-state index < -0.39 is 5.41 Å². The molecule has 0 radical (unpaired) electrons. The fourth-order valence-electron chi connectivity index (χ4n) is 5.62. The molecule has 8 heteroatoms. The van der Waals surface area contributed by atoms with E-state index in [0.717, 1.165) is 39.1 Å². The number of aromatic nitrogens is 3. The second kappa shape index (κ2) is 6.84. The third kappa shape index (κ3) is 2.79. The van der Waals surface area contributed by atoms with E-state index in [1.807, 2.05) is 49.2 Å². The van der Waals surface area contributed by atoms with Crippen molar-refractivity contribution in [3.8, 4) is 11.1 Å². The summed E-state index contributed by atoms with van der Waals surface area (Å²) in [6, 6.07) is 8.41. The van der Waals surface area contributed by atoms with Gasteiger partial charge in [0, 0.05) is 41.2 Å². The highest BCUT2D eigenvalue weighted by molar-refractivity contribution is 6.00. The molecule has 0 bridgehead atoms. The van der Waals surface area contributed by atoms with Crippen LogP contribution in [0.15, 0.2) is 82.3 Å². The Bertz CT molecular complexity index is 1400. The van der Waals surface area contributed by atoms with Crippen LogP contribution in [0.1, 0.15) is 39.2 Å². The third-order valence-corrected chi connectivity index (χ3v) is 7.03. The molecule has 2 aromatic heterocycles. The summed E-state index contributed by atoms with van der Waals surface area (Å²) in [7, 11) is 0. The van der Waals surface area contributed by atoms with E-state index >= 15 is 0 Å². The average molecular weight is 440 g/mol. The molecular weight excluding hydrogens is 414 g/mol. The Labute approximate surface area is 191 Å². The van der Waals surface area contributed by atoms with E-state index in [0.29, 0.717) is 12.8 Å². The van der Waals surface area contributed by atoms with Crippen LogP contribution in [0.3, 0.4) is 0 Å². The Morgan fingerprint density at radius 3 is 2.97 bits per heavy atom. The van der Waals surface area contributed by atoms with Gasteiger partial charge in [0.05, 0.1) is 35.1 Å². The predicted molar refractivity (Wildman–Crippen MR) is 124 cm³/mol. The molecule has 0 saturated carbocycles. The van der Waals surface area contributed by atoms with Gasteiger partial charge in [0.15, 0.2) is 6.17 Å². The van der Waals surface area contributed by atoms with Gasteiger partial charge < -0.3 is 10.6 Å². The topological polar surface area (TPSA) is 96.0 Å². The Balaban J connectivity index is 1.58. The average Bonchev–Trinajstić information content (AvgIpc) is 3.44. The fraction of sp³-hybridized carbons (Fsp3) is 0.320. The van der Waals surface area contributed by atoms with Crippen LogP contribution >= 0.6 is 0 Å². The SMILES string of the molecule is CC[C@]1(c2cccc(-c3cnn4ccncc34)c2)C2=CN=NC2NC2=C1C(=O)NC(C)(C)C2. The lowest BCUT2D eigenvalue weighted by atomic mass is 9.62. The molecule has 3 aliphatic rings. The van der Waals surface area contributed by atoms with E-state index in [2.05, 4.69) is 56.1 Å². The van der Waals surface area contributed by atoms with Crippen molar-refractivity contribution < 1.29 is 4.79 Å². The number of hydrogen-bond acceptors (Lipinski definition) is 6. The minimum absolute atomic E-state index is 0.0348. The van der Waals surface area contributed by atoms with Gasteiger partial charge in [-0.1, -0.05) is 25.1 Å². The number of nitrogens with zero attached hydrogens (tertiary/aromatic N) is 5. The molecule has 0 spiro atoms. The lowest BCUT2D eigenvalue weighted by Crippen LogP contribution is -2.58. The second-order valence-corrected chi connectivity index (χ2v) is 9.53. The van der Waals surface area contributed by atoms with Gasteiger partial charge in [-0.25, -0.2) is 4.52 Å². The maximum Gasteiger partial charge on any atom is 0.250 e. The van der Waals surface area contributed by atoms with E-state index in [9.17, 15) is 4.79 Å². The third-order valence-electron chi connectivity index (χ3n) is 7.03. The first-order valence-corrected chi connectivity index (χ1v) is 11.2. The number of hydrogen-bond donors (Lipinski definition) is 2. The van der Waals surface area contributed by atoms with Crippen LogP contribution in [0.2, 0.25) is 0 Å². The van der Waals surface area contributed by atoms with Crippen LogP contribution in [-0.4, -0.2) is 32.2 Å². The lowest BCUT2D eigenvalue weighted by molar-refractivity contribution is -0.120. The van der Waals surface area contributed by atoms with Crippen molar-refractivity contribution in [2.24, 2.45) is 10.2 Å². The number of carbonyl (C=O) groups is 1. The number of rotatable bonds is 3. The highest BCUT2D eigenvalue weighted by Crippen LogP contribution is 2.51. The summed E-state index contributed by atoms with van der Waals surface area (Å²) in [6.07, 6.45) is 10.2. The molecular formula is C25H25N7O. The molecule has 166 valence electrons. The van der Waals surface area contributed by atoms with Gasteiger partial charge in [-0.15, -0.1) is 0 Å². The zero-order valence-corrected chi connectivity index (χ0v) is 18.8. The van der Waals surface area contributed by atoms with Crippen molar-refractivity contribution in [2.45, 2.75) is 50.7 Å². The number of fused-ring (bicyclic) bond motifs is 2. The maximum atomic E-state index is 13.5. The number of amides is 1. The molecule has 33 heavy (non-hydrogen) atoms. The van der Waals surface area contributed by atoms with Gasteiger partial charge in [0.25, 0.3) is 5.91 Å². The van der Waals surface area contributed by atoms with Crippen molar-refractivity contribution in [2.75, 3.05) is 0 Å². The smallest absolute Gasteiger partial charge is 0.250 e. The van der Waals surface area contributed by atoms with E-state index in [1.54, 1.807) is 6.20 Å². The van der Waals surface area contributed by atoms with Crippen molar-refractivity contribution in [3.05, 3.63) is 77.7 Å². The molecule has 2 N–H and O–H groups in total. The number of benzene rings is 1. The zero-order valence-electron chi connectivity index (χ0n) is 18.8.